The van der Waals surface area contributed by atoms with Gasteiger partial charge in [0.2, 0.25) is 0 Å². The van der Waals surface area contributed by atoms with Gasteiger partial charge in [-0.3, -0.25) is 0 Å². The van der Waals surface area contributed by atoms with Gasteiger partial charge in [-0.15, -0.1) is 11.3 Å². The predicted molar refractivity (Wildman–Crippen MR) is 64.2 cm³/mol. The Kier molecular flexibility index (Phi) is 3.85. The standard InChI is InChI=1S/C10H12N2OS2/c13-3-2-11-5-9-7-15-10(12-9)8-1-4-14-6-8/h1,4,6-7,11,13H,2-3,5H2. The number of thiophene rings is 1. The number of nitrogens with zero attached hydrogens (tertiary/aromatic N) is 1. The minimum Gasteiger partial charge on any atom is -0.395 e. The molecule has 0 amide bonds. The van der Waals surface area contributed by atoms with Crippen LogP contribution in [-0.4, -0.2) is 23.2 Å². The lowest BCUT2D eigenvalue weighted by molar-refractivity contribution is 0.292. The molecule has 2 aromatic rings. The SMILES string of the molecule is OCCNCc1csc(-c2ccsc2)n1. The average Bonchev–Trinajstić information content (AvgIpc) is 2.87. The van der Waals surface area contributed by atoms with Crippen LogP contribution in [0.4, 0.5) is 0 Å². The molecule has 0 atom stereocenters. The van der Waals surface area contributed by atoms with Gasteiger partial charge in [-0.05, 0) is 11.4 Å². The third-order valence-electron chi connectivity index (χ3n) is 1.91. The third kappa shape index (κ3) is 2.85. The van der Waals surface area contributed by atoms with Gasteiger partial charge in [0.05, 0.1) is 12.3 Å². The van der Waals surface area contributed by atoms with Crippen molar-refractivity contribution in [2.45, 2.75) is 6.54 Å². The minimum atomic E-state index is 0.168. The van der Waals surface area contributed by atoms with E-state index in [2.05, 4.69) is 32.5 Å². The summed E-state index contributed by atoms with van der Waals surface area (Å²) < 4.78 is 0. The quantitative estimate of drug-likeness (QED) is 0.785. The van der Waals surface area contributed by atoms with Gasteiger partial charge in [-0.25, -0.2) is 4.98 Å². The van der Waals surface area contributed by atoms with Crippen molar-refractivity contribution < 1.29 is 5.11 Å². The molecular formula is C10H12N2OS2. The van der Waals surface area contributed by atoms with Gasteiger partial charge in [0.1, 0.15) is 5.01 Å². The highest BCUT2D eigenvalue weighted by molar-refractivity contribution is 7.14. The number of thiazole rings is 1. The molecule has 0 unspecified atom stereocenters. The van der Waals surface area contributed by atoms with Crippen molar-refractivity contribution in [3.63, 3.8) is 0 Å². The summed E-state index contributed by atoms with van der Waals surface area (Å²) in [6.07, 6.45) is 0. The van der Waals surface area contributed by atoms with Gasteiger partial charge in [0.25, 0.3) is 0 Å². The zero-order chi connectivity index (χ0) is 10.5. The van der Waals surface area contributed by atoms with Crippen LogP contribution in [0.2, 0.25) is 0 Å². The van der Waals surface area contributed by atoms with Gasteiger partial charge in [-0.2, -0.15) is 11.3 Å². The molecule has 2 rings (SSSR count). The van der Waals surface area contributed by atoms with Crippen molar-refractivity contribution >= 4 is 22.7 Å². The van der Waals surface area contributed by atoms with Crippen LogP contribution in [0.3, 0.4) is 0 Å². The molecule has 15 heavy (non-hydrogen) atoms. The molecule has 0 aliphatic rings. The van der Waals surface area contributed by atoms with Gasteiger partial charge < -0.3 is 10.4 Å². The minimum absolute atomic E-state index is 0.168. The van der Waals surface area contributed by atoms with Crippen LogP contribution in [0.5, 0.6) is 0 Å². The lowest BCUT2D eigenvalue weighted by Gasteiger charge is -1.97. The maximum Gasteiger partial charge on any atom is 0.124 e. The fourth-order valence-corrected chi connectivity index (χ4v) is 2.73. The molecule has 2 heterocycles. The van der Waals surface area contributed by atoms with E-state index in [1.54, 1.807) is 22.7 Å². The van der Waals surface area contributed by atoms with Gasteiger partial charge in [0.15, 0.2) is 0 Å². The molecular weight excluding hydrogens is 228 g/mol. The number of hydrogen-bond donors (Lipinski definition) is 2. The fourth-order valence-electron chi connectivity index (χ4n) is 1.20. The van der Waals surface area contributed by atoms with Crippen molar-refractivity contribution in [2.75, 3.05) is 13.2 Å². The van der Waals surface area contributed by atoms with Gasteiger partial charge >= 0.3 is 0 Å². The van der Waals surface area contributed by atoms with E-state index >= 15 is 0 Å². The summed E-state index contributed by atoms with van der Waals surface area (Å²) in [6.45, 7) is 1.51. The lowest BCUT2D eigenvalue weighted by atomic mass is 10.3. The van der Waals surface area contributed by atoms with Crippen LogP contribution in [0.25, 0.3) is 10.6 Å². The van der Waals surface area contributed by atoms with E-state index in [9.17, 15) is 0 Å². The van der Waals surface area contributed by atoms with Crippen molar-refractivity contribution in [1.29, 1.82) is 0 Å². The zero-order valence-corrected chi connectivity index (χ0v) is 9.77. The molecule has 0 radical (unpaired) electrons. The van der Waals surface area contributed by atoms with E-state index in [-0.39, 0.29) is 6.61 Å². The second-order valence-corrected chi connectivity index (χ2v) is 4.69. The fraction of sp³-hybridized carbons (Fsp3) is 0.300. The highest BCUT2D eigenvalue weighted by Crippen LogP contribution is 2.25. The van der Waals surface area contributed by atoms with Crippen LogP contribution in [0, 0.1) is 0 Å². The summed E-state index contributed by atoms with van der Waals surface area (Å²) >= 11 is 3.34. The predicted octanol–water partition coefficient (Wildman–Crippen LogP) is 1.95. The first kappa shape index (κ1) is 10.8. The molecule has 0 fully saturated rings. The first-order chi connectivity index (χ1) is 7.40. The van der Waals surface area contributed by atoms with Crippen molar-refractivity contribution in [3.8, 4) is 10.6 Å². The highest BCUT2D eigenvalue weighted by Gasteiger charge is 2.04. The Hall–Kier alpha value is -0.750. The van der Waals surface area contributed by atoms with Crippen LogP contribution in [0.1, 0.15) is 5.69 Å². The number of nitrogens with one attached hydrogen (secondary N) is 1. The first-order valence-electron chi connectivity index (χ1n) is 4.68. The number of aliphatic hydroxyl groups is 1. The Morgan fingerprint density at radius 1 is 1.40 bits per heavy atom. The van der Waals surface area contributed by atoms with Crippen LogP contribution in [0.15, 0.2) is 22.2 Å². The van der Waals surface area contributed by atoms with Crippen LogP contribution < -0.4 is 5.32 Å². The Morgan fingerprint density at radius 2 is 2.33 bits per heavy atom. The van der Waals surface area contributed by atoms with Gasteiger partial charge in [-0.1, -0.05) is 0 Å². The van der Waals surface area contributed by atoms with Crippen molar-refractivity contribution in [1.82, 2.24) is 10.3 Å². The summed E-state index contributed by atoms with van der Waals surface area (Å²) in [5, 5.41) is 19.0. The van der Waals surface area contributed by atoms with Crippen LogP contribution >= 0.6 is 22.7 Å². The Morgan fingerprint density at radius 3 is 3.07 bits per heavy atom. The number of rotatable bonds is 5. The molecule has 2 N–H and O–H groups in total. The Balaban J connectivity index is 1.98. The van der Waals surface area contributed by atoms with E-state index in [1.807, 2.05) is 0 Å². The number of hydrogen-bond acceptors (Lipinski definition) is 5. The highest BCUT2D eigenvalue weighted by atomic mass is 32.1. The normalized spacial score (nSPS) is 10.7. The van der Waals surface area contributed by atoms with E-state index in [0.717, 1.165) is 17.2 Å². The van der Waals surface area contributed by atoms with E-state index in [1.165, 1.54) is 5.56 Å². The van der Waals surface area contributed by atoms with Gasteiger partial charge in [0, 0.05) is 29.4 Å². The van der Waals surface area contributed by atoms with Crippen LogP contribution in [-0.2, 0) is 6.54 Å². The molecule has 0 aliphatic carbocycles. The Labute approximate surface area is 96.4 Å². The maximum atomic E-state index is 8.62. The van der Waals surface area contributed by atoms with Crippen molar-refractivity contribution in [2.24, 2.45) is 0 Å². The molecule has 0 bridgehead atoms. The topological polar surface area (TPSA) is 45.1 Å². The molecule has 0 saturated heterocycles. The largest absolute Gasteiger partial charge is 0.395 e. The molecule has 0 aromatic carbocycles. The smallest absolute Gasteiger partial charge is 0.124 e. The molecule has 5 heteroatoms. The summed E-state index contributed by atoms with van der Waals surface area (Å²) in [7, 11) is 0. The Bertz CT molecular complexity index is 397. The second-order valence-electron chi connectivity index (χ2n) is 3.06. The summed E-state index contributed by atoms with van der Waals surface area (Å²) in [5.41, 5.74) is 2.23. The maximum absolute atomic E-state index is 8.62. The molecule has 2 aromatic heterocycles. The zero-order valence-electron chi connectivity index (χ0n) is 8.14. The molecule has 0 saturated carbocycles. The lowest BCUT2D eigenvalue weighted by Crippen LogP contribution is -2.17. The summed E-state index contributed by atoms with van der Waals surface area (Å²) in [6, 6.07) is 2.08. The molecule has 0 aliphatic heterocycles. The van der Waals surface area contributed by atoms with E-state index in [0.29, 0.717) is 6.54 Å². The summed E-state index contributed by atoms with van der Waals surface area (Å²) in [4.78, 5) is 4.51. The van der Waals surface area contributed by atoms with E-state index < -0.39 is 0 Å². The molecule has 3 nitrogen and oxygen atoms in total. The average molecular weight is 240 g/mol. The summed E-state index contributed by atoms with van der Waals surface area (Å²) in [5.74, 6) is 0. The van der Waals surface area contributed by atoms with Crippen molar-refractivity contribution in [3.05, 3.63) is 27.9 Å². The monoisotopic (exact) mass is 240 g/mol. The second kappa shape index (κ2) is 5.37. The first-order valence-corrected chi connectivity index (χ1v) is 6.51. The number of aromatic nitrogens is 1. The molecule has 0 spiro atoms. The number of aliphatic hydroxyl groups excluding tert-OH is 1. The van der Waals surface area contributed by atoms with E-state index in [4.69, 9.17) is 5.11 Å². The molecule has 80 valence electrons. The third-order valence-corrected chi connectivity index (χ3v) is 3.54.